The maximum Gasteiger partial charge on any atom is 0.337 e. The third kappa shape index (κ3) is 4.48. The Morgan fingerprint density at radius 3 is 2.41 bits per heavy atom. The molecular formula is C21H23N3O5. The summed E-state index contributed by atoms with van der Waals surface area (Å²) in [6.45, 7) is 1.22. The number of aromatic carboxylic acids is 1. The monoisotopic (exact) mass is 397 g/mol. The minimum atomic E-state index is -1.14. The lowest BCUT2D eigenvalue weighted by Crippen LogP contribution is -2.38. The molecule has 1 heterocycles. The lowest BCUT2D eigenvalue weighted by molar-refractivity contribution is -0.122. The number of primary amides is 1. The fraction of sp³-hybridized carbons (Fsp3) is 0.286. The van der Waals surface area contributed by atoms with E-state index in [-0.39, 0.29) is 23.1 Å². The van der Waals surface area contributed by atoms with Gasteiger partial charge < -0.3 is 25.8 Å². The molecule has 0 atom stereocenters. The maximum atomic E-state index is 12.6. The van der Waals surface area contributed by atoms with Gasteiger partial charge in [0, 0.05) is 24.7 Å². The second-order valence-electron chi connectivity index (χ2n) is 6.85. The van der Waals surface area contributed by atoms with Gasteiger partial charge in [-0.2, -0.15) is 0 Å². The first kappa shape index (κ1) is 20.2. The van der Waals surface area contributed by atoms with Gasteiger partial charge in [0.1, 0.15) is 5.75 Å². The van der Waals surface area contributed by atoms with Crippen LogP contribution in [0.25, 0.3) is 0 Å². The number of carboxylic acid groups (broad SMARTS) is 1. The van der Waals surface area contributed by atoms with Crippen LogP contribution in [0, 0.1) is 5.92 Å². The first-order chi connectivity index (χ1) is 13.9. The SMILES string of the molecule is COc1ccccc1C(=O)Nc1ccc(N2CCC(C(N)=O)CC2)cc1C(=O)O. The van der Waals surface area contributed by atoms with E-state index in [4.69, 9.17) is 10.5 Å². The van der Waals surface area contributed by atoms with Crippen LogP contribution < -0.4 is 20.7 Å². The highest BCUT2D eigenvalue weighted by molar-refractivity contribution is 6.09. The molecule has 1 aliphatic heterocycles. The third-order valence-electron chi connectivity index (χ3n) is 5.10. The van der Waals surface area contributed by atoms with Crippen molar-refractivity contribution in [3.8, 4) is 5.75 Å². The van der Waals surface area contributed by atoms with Crippen molar-refractivity contribution in [2.24, 2.45) is 11.7 Å². The van der Waals surface area contributed by atoms with E-state index in [9.17, 15) is 19.5 Å². The van der Waals surface area contributed by atoms with E-state index in [2.05, 4.69) is 5.32 Å². The van der Waals surface area contributed by atoms with Crippen LogP contribution >= 0.6 is 0 Å². The van der Waals surface area contributed by atoms with Crippen molar-refractivity contribution in [3.63, 3.8) is 0 Å². The van der Waals surface area contributed by atoms with Crippen molar-refractivity contribution >= 4 is 29.2 Å². The zero-order valence-electron chi connectivity index (χ0n) is 16.1. The molecule has 0 bridgehead atoms. The molecule has 0 unspecified atom stereocenters. The topological polar surface area (TPSA) is 122 Å². The first-order valence-corrected chi connectivity index (χ1v) is 9.26. The molecule has 1 saturated heterocycles. The van der Waals surface area contributed by atoms with Gasteiger partial charge in [-0.05, 0) is 43.2 Å². The van der Waals surface area contributed by atoms with Gasteiger partial charge >= 0.3 is 5.97 Å². The molecule has 3 rings (SSSR count). The Balaban J connectivity index is 1.81. The highest BCUT2D eigenvalue weighted by Gasteiger charge is 2.24. The molecule has 1 fully saturated rings. The molecule has 1 aliphatic rings. The molecule has 0 aromatic heterocycles. The van der Waals surface area contributed by atoms with Gasteiger partial charge in [0.15, 0.2) is 0 Å². The van der Waals surface area contributed by atoms with Crippen molar-refractivity contribution < 1.29 is 24.2 Å². The van der Waals surface area contributed by atoms with E-state index < -0.39 is 11.9 Å². The molecule has 4 N–H and O–H groups in total. The van der Waals surface area contributed by atoms with E-state index in [0.29, 0.717) is 37.2 Å². The van der Waals surface area contributed by atoms with E-state index in [1.165, 1.54) is 13.2 Å². The summed E-state index contributed by atoms with van der Waals surface area (Å²) in [5, 5.41) is 12.3. The summed E-state index contributed by atoms with van der Waals surface area (Å²) >= 11 is 0. The van der Waals surface area contributed by atoms with Crippen molar-refractivity contribution in [2.75, 3.05) is 30.4 Å². The molecule has 2 aromatic carbocycles. The number of carbonyl (C=O) groups excluding carboxylic acids is 2. The molecule has 8 nitrogen and oxygen atoms in total. The number of anilines is 2. The Bertz CT molecular complexity index is 936. The van der Waals surface area contributed by atoms with Crippen molar-refractivity contribution in [2.45, 2.75) is 12.8 Å². The van der Waals surface area contributed by atoms with Crippen LogP contribution in [0.1, 0.15) is 33.6 Å². The van der Waals surface area contributed by atoms with E-state index in [1.54, 1.807) is 36.4 Å². The predicted octanol–water partition coefficient (Wildman–Crippen LogP) is 2.35. The number of carbonyl (C=O) groups is 3. The molecular weight excluding hydrogens is 374 g/mol. The van der Waals surface area contributed by atoms with Crippen LogP contribution in [0.4, 0.5) is 11.4 Å². The summed E-state index contributed by atoms with van der Waals surface area (Å²) in [4.78, 5) is 37.7. The second kappa shape index (κ2) is 8.64. The summed E-state index contributed by atoms with van der Waals surface area (Å²) in [6, 6.07) is 11.6. The van der Waals surface area contributed by atoms with Crippen LogP contribution in [0.15, 0.2) is 42.5 Å². The zero-order chi connectivity index (χ0) is 21.0. The fourth-order valence-electron chi connectivity index (χ4n) is 3.46. The number of nitrogens with zero attached hydrogens (tertiary/aromatic N) is 1. The number of carboxylic acids is 1. The number of rotatable bonds is 6. The summed E-state index contributed by atoms with van der Waals surface area (Å²) in [7, 11) is 1.46. The number of methoxy groups -OCH3 is 1. The van der Waals surface area contributed by atoms with Crippen molar-refractivity contribution in [3.05, 3.63) is 53.6 Å². The van der Waals surface area contributed by atoms with Gasteiger partial charge in [-0.1, -0.05) is 12.1 Å². The fourth-order valence-corrected chi connectivity index (χ4v) is 3.46. The first-order valence-electron chi connectivity index (χ1n) is 9.26. The van der Waals surface area contributed by atoms with Crippen LogP contribution in [-0.4, -0.2) is 43.1 Å². The molecule has 29 heavy (non-hydrogen) atoms. The lowest BCUT2D eigenvalue weighted by Gasteiger charge is -2.32. The molecule has 0 radical (unpaired) electrons. The average Bonchev–Trinajstić information content (AvgIpc) is 2.73. The van der Waals surface area contributed by atoms with Crippen LogP contribution in [0.5, 0.6) is 5.75 Å². The third-order valence-corrected chi connectivity index (χ3v) is 5.10. The van der Waals surface area contributed by atoms with Gasteiger partial charge in [-0.15, -0.1) is 0 Å². The Morgan fingerprint density at radius 1 is 1.10 bits per heavy atom. The minimum Gasteiger partial charge on any atom is -0.496 e. The number of para-hydroxylation sites is 1. The predicted molar refractivity (Wildman–Crippen MR) is 108 cm³/mol. The smallest absolute Gasteiger partial charge is 0.337 e. The number of ether oxygens (including phenoxy) is 1. The van der Waals surface area contributed by atoms with Crippen molar-refractivity contribution in [1.82, 2.24) is 0 Å². The summed E-state index contributed by atoms with van der Waals surface area (Å²) in [6.07, 6.45) is 1.26. The average molecular weight is 397 g/mol. The molecule has 2 aromatic rings. The number of hydrogen-bond donors (Lipinski definition) is 3. The minimum absolute atomic E-state index is 0.0113. The van der Waals surface area contributed by atoms with Crippen LogP contribution in [0.2, 0.25) is 0 Å². The Labute approximate surface area is 168 Å². The summed E-state index contributed by atoms with van der Waals surface area (Å²) in [5.41, 5.74) is 6.58. The summed E-state index contributed by atoms with van der Waals surface area (Å²) < 4.78 is 5.19. The highest BCUT2D eigenvalue weighted by Crippen LogP contribution is 2.28. The number of hydrogen-bond acceptors (Lipinski definition) is 5. The van der Waals surface area contributed by atoms with Gasteiger partial charge in [-0.3, -0.25) is 9.59 Å². The van der Waals surface area contributed by atoms with Crippen LogP contribution in [0.3, 0.4) is 0 Å². The van der Waals surface area contributed by atoms with E-state index in [1.807, 2.05) is 4.90 Å². The molecule has 0 saturated carbocycles. The lowest BCUT2D eigenvalue weighted by atomic mass is 9.95. The molecule has 2 amide bonds. The zero-order valence-corrected chi connectivity index (χ0v) is 16.1. The van der Waals surface area contributed by atoms with Gasteiger partial charge in [0.2, 0.25) is 5.91 Å². The Hall–Kier alpha value is -3.55. The van der Waals surface area contributed by atoms with Gasteiger partial charge in [0.05, 0.1) is 23.9 Å². The van der Waals surface area contributed by atoms with Gasteiger partial charge in [-0.25, -0.2) is 4.79 Å². The molecule has 8 heteroatoms. The van der Waals surface area contributed by atoms with E-state index >= 15 is 0 Å². The quantitative estimate of drug-likeness (QED) is 0.688. The van der Waals surface area contributed by atoms with Crippen LogP contribution in [-0.2, 0) is 4.79 Å². The number of nitrogens with two attached hydrogens (primary N) is 1. The number of nitrogens with one attached hydrogen (secondary N) is 1. The largest absolute Gasteiger partial charge is 0.496 e. The van der Waals surface area contributed by atoms with Crippen molar-refractivity contribution in [1.29, 1.82) is 0 Å². The normalized spacial score (nSPS) is 14.3. The molecule has 0 spiro atoms. The molecule has 152 valence electrons. The number of piperidine rings is 1. The second-order valence-corrected chi connectivity index (χ2v) is 6.85. The Kier molecular flexibility index (Phi) is 6.01. The standard InChI is InChI=1S/C21H23N3O5/c1-29-18-5-3-2-4-15(18)20(26)23-17-7-6-14(12-16(17)21(27)28)24-10-8-13(9-11-24)19(22)25/h2-7,12-13H,8-11H2,1H3,(H2,22,25)(H,23,26)(H,27,28). The highest BCUT2D eigenvalue weighted by atomic mass is 16.5. The summed E-state index contributed by atoms with van der Waals surface area (Å²) in [5.74, 6) is -1.65. The number of benzene rings is 2. The van der Waals surface area contributed by atoms with Gasteiger partial charge in [0.25, 0.3) is 5.91 Å². The molecule has 0 aliphatic carbocycles. The Morgan fingerprint density at radius 2 is 1.79 bits per heavy atom. The van der Waals surface area contributed by atoms with E-state index in [0.717, 1.165) is 5.69 Å². The number of amides is 2. The maximum absolute atomic E-state index is 12.6.